The predicted molar refractivity (Wildman–Crippen MR) is 121 cm³/mol. The van der Waals surface area contributed by atoms with Crippen LogP contribution in [0.1, 0.15) is 5.56 Å². The van der Waals surface area contributed by atoms with Crippen LogP contribution in [-0.2, 0) is 0 Å². The molecule has 0 fully saturated rings. The van der Waals surface area contributed by atoms with Crippen LogP contribution in [0.5, 0.6) is 0 Å². The van der Waals surface area contributed by atoms with Gasteiger partial charge in [0.1, 0.15) is 0 Å². The number of nitrogens with zero attached hydrogens (tertiary/aromatic N) is 4. The van der Waals surface area contributed by atoms with Crippen molar-refractivity contribution >= 4 is 34.0 Å². The first kappa shape index (κ1) is 19.5. The van der Waals surface area contributed by atoms with Gasteiger partial charge in [-0.2, -0.15) is 14.8 Å². The first-order chi connectivity index (χ1) is 15.0. The molecule has 31 heavy (non-hydrogen) atoms. The Morgan fingerprint density at radius 1 is 0.935 bits per heavy atom. The quantitative estimate of drug-likeness (QED) is 0.352. The van der Waals surface area contributed by atoms with E-state index in [0.717, 1.165) is 5.56 Å². The van der Waals surface area contributed by atoms with Gasteiger partial charge in [-0.05, 0) is 42.8 Å². The summed E-state index contributed by atoms with van der Waals surface area (Å²) in [5.41, 5.74) is 2.17. The van der Waals surface area contributed by atoms with Gasteiger partial charge >= 0.3 is 0 Å². The van der Waals surface area contributed by atoms with Crippen LogP contribution in [0, 0.1) is 6.92 Å². The summed E-state index contributed by atoms with van der Waals surface area (Å²) >= 11 is 12.4. The van der Waals surface area contributed by atoms with E-state index in [9.17, 15) is 4.79 Å². The summed E-state index contributed by atoms with van der Waals surface area (Å²) in [5, 5.41) is 10.9. The smallest absolute Gasteiger partial charge is 0.279 e. The van der Waals surface area contributed by atoms with E-state index in [4.69, 9.17) is 27.7 Å². The molecule has 0 N–H and O–H groups in total. The van der Waals surface area contributed by atoms with Crippen molar-refractivity contribution in [3.05, 3.63) is 92.7 Å². The summed E-state index contributed by atoms with van der Waals surface area (Å²) in [6, 6.07) is 19.7. The van der Waals surface area contributed by atoms with E-state index in [-0.39, 0.29) is 11.4 Å². The summed E-state index contributed by atoms with van der Waals surface area (Å²) in [7, 11) is 0. The number of rotatable bonds is 3. The first-order valence-corrected chi connectivity index (χ1v) is 10.2. The zero-order valence-electron chi connectivity index (χ0n) is 16.2. The molecule has 0 saturated heterocycles. The number of hydrogen-bond donors (Lipinski definition) is 0. The van der Waals surface area contributed by atoms with Gasteiger partial charge in [0.2, 0.25) is 5.82 Å². The first-order valence-electron chi connectivity index (χ1n) is 9.40. The Hall–Kier alpha value is -3.48. The van der Waals surface area contributed by atoms with E-state index in [0.29, 0.717) is 43.6 Å². The molecule has 2 heterocycles. The minimum atomic E-state index is -0.265. The molecule has 3 aromatic carbocycles. The second-order valence-corrected chi connectivity index (χ2v) is 7.77. The number of fused-ring (bicyclic) bond motifs is 1. The van der Waals surface area contributed by atoms with Crippen molar-refractivity contribution in [1.82, 2.24) is 19.9 Å². The fourth-order valence-corrected chi connectivity index (χ4v) is 3.76. The van der Waals surface area contributed by atoms with Crippen LogP contribution < -0.4 is 5.56 Å². The van der Waals surface area contributed by atoms with Gasteiger partial charge in [0.05, 0.1) is 11.1 Å². The van der Waals surface area contributed by atoms with Crippen molar-refractivity contribution in [2.24, 2.45) is 0 Å². The van der Waals surface area contributed by atoms with Gasteiger partial charge in [0.15, 0.2) is 5.69 Å². The molecular formula is C23H14Cl2N4O2. The molecule has 5 rings (SSSR count). The van der Waals surface area contributed by atoms with Gasteiger partial charge in [-0.3, -0.25) is 4.79 Å². The number of hydrogen-bond acceptors (Lipinski definition) is 5. The number of benzene rings is 3. The Morgan fingerprint density at radius 3 is 2.52 bits per heavy atom. The van der Waals surface area contributed by atoms with Crippen molar-refractivity contribution < 1.29 is 4.52 Å². The summed E-state index contributed by atoms with van der Waals surface area (Å²) in [6.45, 7) is 1.84. The normalized spacial score (nSPS) is 11.2. The van der Waals surface area contributed by atoms with Gasteiger partial charge < -0.3 is 4.52 Å². The van der Waals surface area contributed by atoms with E-state index in [2.05, 4.69) is 15.2 Å². The molecule has 0 radical (unpaired) electrons. The highest BCUT2D eigenvalue weighted by molar-refractivity contribution is 6.31. The molecule has 2 aromatic heterocycles. The predicted octanol–water partition coefficient (Wildman–Crippen LogP) is 5.72. The van der Waals surface area contributed by atoms with Crippen LogP contribution >= 0.6 is 23.2 Å². The SMILES string of the molecule is Cc1c(Cl)cccc1-n1nc(-c2nc(-c3cccc(Cl)c3)no2)c2ccccc2c1=O. The van der Waals surface area contributed by atoms with Crippen molar-refractivity contribution in [1.29, 1.82) is 0 Å². The van der Waals surface area contributed by atoms with E-state index in [1.54, 1.807) is 48.5 Å². The lowest BCUT2D eigenvalue weighted by Gasteiger charge is -2.12. The maximum Gasteiger partial charge on any atom is 0.279 e. The third kappa shape index (κ3) is 3.40. The van der Waals surface area contributed by atoms with E-state index < -0.39 is 0 Å². The van der Waals surface area contributed by atoms with Crippen LogP contribution in [0.25, 0.3) is 39.4 Å². The third-order valence-electron chi connectivity index (χ3n) is 4.98. The molecule has 0 unspecified atom stereocenters. The standard InChI is InChI=1S/C23H14Cl2N4O2/c1-13-18(25)10-5-11-19(13)29-23(30)17-9-3-2-8-16(17)20(27-29)22-26-21(28-31-22)14-6-4-7-15(24)12-14/h2-12H,1H3. The maximum atomic E-state index is 13.2. The van der Waals surface area contributed by atoms with Crippen LogP contribution in [0.4, 0.5) is 0 Å². The monoisotopic (exact) mass is 448 g/mol. The molecule has 0 aliphatic rings. The molecule has 6 nitrogen and oxygen atoms in total. The Kier molecular flexibility index (Phi) is 4.81. The van der Waals surface area contributed by atoms with Crippen LogP contribution in [0.3, 0.4) is 0 Å². The lowest BCUT2D eigenvalue weighted by atomic mass is 10.1. The lowest BCUT2D eigenvalue weighted by molar-refractivity contribution is 0.430. The number of aromatic nitrogens is 4. The van der Waals surface area contributed by atoms with E-state index in [1.807, 2.05) is 25.1 Å². The minimum Gasteiger partial charge on any atom is -0.332 e. The highest BCUT2D eigenvalue weighted by atomic mass is 35.5. The Morgan fingerprint density at radius 2 is 1.71 bits per heavy atom. The van der Waals surface area contributed by atoms with Crippen molar-refractivity contribution in [2.75, 3.05) is 0 Å². The van der Waals surface area contributed by atoms with Gasteiger partial charge in [0.25, 0.3) is 11.4 Å². The zero-order valence-corrected chi connectivity index (χ0v) is 17.7. The van der Waals surface area contributed by atoms with Crippen molar-refractivity contribution in [3.63, 3.8) is 0 Å². The molecule has 8 heteroatoms. The highest BCUT2D eigenvalue weighted by Crippen LogP contribution is 2.28. The Balaban J connectivity index is 1.76. The average molecular weight is 449 g/mol. The molecule has 0 atom stereocenters. The second-order valence-electron chi connectivity index (χ2n) is 6.93. The molecule has 152 valence electrons. The summed E-state index contributed by atoms with van der Waals surface area (Å²) < 4.78 is 6.85. The van der Waals surface area contributed by atoms with Crippen LogP contribution in [0.2, 0.25) is 10.0 Å². The van der Waals surface area contributed by atoms with Gasteiger partial charge in [-0.1, -0.05) is 64.8 Å². The van der Waals surface area contributed by atoms with Crippen molar-refractivity contribution in [2.45, 2.75) is 6.92 Å². The molecule has 0 amide bonds. The minimum absolute atomic E-state index is 0.194. The summed E-state index contributed by atoms with van der Waals surface area (Å²) in [6.07, 6.45) is 0. The van der Waals surface area contributed by atoms with Crippen LogP contribution in [-0.4, -0.2) is 19.9 Å². The molecule has 0 aliphatic carbocycles. The van der Waals surface area contributed by atoms with Crippen molar-refractivity contribution in [3.8, 4) is 28.7 Å². The van der Waals surface area contributed by atoms with Gasteiger partial charge in [-0.25, -0.2) is 0 Å². The molecular weight excluding hydrogens is 435 g/mol. The number of halogens is 2. The molecule has 0 bridgehead atoms. The van der Waals surface area contributed by atoms with Crippen LogP contribution in [0.15, 0.2) is 76.0 Å². The Bertz CT molecular complexity index is 1510. The molecule has 0 spiro atoms. The van der Waals surface area contributed by atoms with Gasteiger partial charge in [0, 0.05) is 21.0 Å². The third-order valence-corrected chi connectivity index (χ3v) is 5.63. The van der Waals surface area contributed by atoms with Gasteiger partial charge in [-0.15, -0.1) is 0 Å². The fourth-order valence-electron chi connectivity index (χ4n) is 3.40. The summed E-state index contributed by atoms with van der Waals surface area (Å²) in [4.78, 5) is 17.7. The largest absolute Gasteiger partial charge is 0.332 e. The maximum absolute atomic E-state index is 13.2. The summed E-state index contributed by atoms with van der Waals surface area (Å²) in [5.74, 6) is 0.569. The van der Waals surface area contributed by atoms with E-state index >= 15 is 0 Å². The lowest BCUT2D eigenvalue weighted by Crippen LogP contribution is -2.23. The zero-order chi connectivity index (χ0) is 21.5. The fraction of sp³-hybridized carbons (Fsp3) is 0.0435. The van der Waals surface area contributed by atoms with E-state index in [1.165, 1.54) is 4.68 Å². The molecule has 0 saturated carbocycles. The molecule has 0 aliphatic heterocycles. The Labute approximate surface area is 186 Å². The topological polar surface area (TPSA) is 73.8 Å². The average Bonchev–Trinajstić information content (AvgIpc) is 3.27. The second kappa shape index (κ2) is 7.65. The highest BCUT2D eigenvalue weighted by Gasteiger charge is 2.20. The molecule has 5 aromatic rings.